The summed E-state index contributed by atoms with van der Waals surface area (Å²) < 4.78 is 0. The second-order valence-electron chi connectivity index (χ2n) is 5.08. The third-order valence-electron chi connectivity index (χ3n) is 3.81. The Balaban J connectivity index is 1.94. The molecule has 1 heterocycles. The Labute approximate surface area is 116 Å². The van der Waals surface area contributed by atoms with Crippen molar-refractivity contribution in [2.75, 3.05) is 0 Å². The van der Waals surface area contributed by atoms with Crippen LogP contribution in [-0.2, 0) is 16.1 Å². The average molecular weight is 281 g/mol. The Morgan fingerprint density at radius 3 is 2.63 bits per heavy atom. The number of aliphatic carboxylic acids is 1. The lowest BCUT2D eigenvalue weighted by molar-refractivity contribution is -0.148. The standard InChI is InChI=1S/C14H19NO3S/c1-9-6-7-19-12(9)8-15-13(16)10-4-2-3-5-11(10)14(17)18/h6-7,10-11H,2-5,8H2,1H3,(H,15,16)(H,17,18). The molecule has 1 aromatic rings. The number of amides is 1. The Morgan fingerprint density at radius 2 is 2.05 bits per heavy atom. The van der Waals surface area contributed by atoms with E-state index in [2.05, 4.69) is 5.32 Å². The Hall–Kier alpha value is -1.36. The van der Waals surface area contributed by atoms with Crippen LogP contribution in [0.2, 0.25) is 0 Å². The molecule has 0 saturated heterocycles. The molecule has 0 spiro atoms. The van der Waals surface area contributed by atoms with Crippen molar-refractivity contribution < 1.29 is 14.7 Å². The van der Waals surface area contributed by atoms with Gasteiger partial charge in [0, 0.05) is 4.88 Å². The summed E-state index contributed by atoms with van der Waals surface area (Å²) in [5.74, 6) is -1.84. The summed E-state index contributed by atoms with van der Waals surface area (Å²) in [7, 11) is 0. The van der Waals surface area contributed by atoms with Gasteiger partial charge in [-0.3, -0.25) is 9.59 Å². The average Bonchev–Trinajstić information content (AvgIpc) is 2.81. The number of thiophene rings is 1. The van der Waals surface area contributed by atoms with Crippen LogP contribution in [0.15, 0.2) is 11.4 Å². The zero-order valence-corrected chi connectivity index (χ0v) is 11.8. The van der Waals surface area contributed by atoms with Crippen molar-refractivity contribution in [1.29, 1.82) is 0 Å². The fourth-order valence-electron chi connectivity index (χ4n) is 2.62. The first kappa shape index (κ1) is 14.1. The minimum Gasteiger partial charge on any atom is -0.481 e. The first-order chi connectivity index (χ1) is 9.09. The summed E-state index contributed by atoms with van der Waals surface area (Å²) in [5, 5.41) is 14.1. The van der Waals surface area contributed by atoms with Gasteiger partial charge in [-0.1, -0.05) is 12.8 Å². The van der Waals surface area contributed by atoms with Crippen molar-refractivity contribution in [3.05, 3.63) is 21.9 Å². The van der Waals surface area contributed by atoms with E-state index in [1.54, 1.807) is 11.3 Å². The molecule has 0 aromatic carbocycles. The molecule has 4 nitrogen and oxygen atoms in total. The van der Waals surface area contributed by atoms with Crippen molar-refractivity contribution in [3.63, 3.8) is 0 Å². The molecule has 1 aliphatic rings. The minimum atomic E-state index is -0.841. The van der Waals surface area contributed by atoms with Crippen LogP contribution in [0.1, 0.15) is 36.1 Å². The quantitative estimate of drug-likeness (QED) is 0.891. The summed E-state index contributed by atoms with van der Waals surface area (Å²) in [4.78, 5) is 24.5. The van der Waals surface area contributed by atoms with Crippen LogP contribution in [0.3, 0.4) is 0 Å². The Kier molecular flexibility index (Phi) is 4.58. The third-order valence-corrected chi connectivity index (χ3v) is 4.83. The van der Waals surface area contributed by atoms with Crippen LogP contribution in [-0.4, -0.2) is 17.0 Å². The highest BCUT2D eigenvalue weighted by atomic mass is 32.1. The van der Waals surface area contributed by atoms with E-state index in [1.807, 2.05) is 18.4 Å². The van der Waals surface area contributed by atoms with Crippen molar-refractivity contribution in [3.8, 4) is 0 Å². The van der Waals surface area contributed by atoms with E-state index in [9.17, 15) is 14.7 Å². The second kappa shape index (κ2) is 6.19. The zero-order valence-electron chi connectivity index (χ0n) is 11.0. The van der Waals surface area contributed by atoms with Gasteiger partial charge in [-0.25, -0.2) is 0 Å². The molecule has 0 radical (unpaired) electrons. The fraction of sp³-hybridized carbons (Fsp3) is 0.571. The molecule has 19 heavy (non-hydrogen) atoms. The van der Waals surface area contributed by atoms with Gasteiger partial charge < -0.3 is 10.4 Å². The lowest BCUT2D eigenvalue weighted by Crippen LogP contribution is -2.39. The summed E-state index contributed by atoms with van der Waals surface area (Å²) in [5.41, 5.74) is 1.17. The van der Waals surface area contributed by atoms with Crippen LogP contribution in [0.4, 0.5) is 0 Å². The molecule has 1 fully saturated rings. The lowest BCUT2D eigenvalue weighted by Gasteiger charge is -2.27. The molecule has 2 N–H and O–H groups in total. The van der Waals surface area contributed by atoms with Crippen LogP contribution in [0.25, 0.3) is 0 Å². The predicted octanol–water partition coefficient (Wildman–Crippen LogP) is 2.56. The van der Waals surface area contributed by atoms with Crippen LogP contribution >= 0.6 is 11.3 Å². The van der Waals surface area contributed by atoms with E-state index in [1.165, 1.54) is 5.56 Å². The third kappa shape index (κ3) is 3.35. The van der Waals surface area contributed by atoms with Crippen LogP contribution in [0, 0.1) is 18.8 Å². The van der Waals surface area contributed by atoms with E-state index < -0.39 is 11.9 Å². The lowest BCUT2D eigenvalue weighted by atomic mass is 9.79. The Bertz CT molecular complexity index is 469. The predicted molar refractivity (Wildman–Crippen MR) is 74.0 cm³/mol. The van der Waals surface area contributed by atoms with Crippen molar-refractivity contribution in [2.45, 2.75) is 39.2 Å². The van der Waals surface area contributed by atoms with E-state index in [-0.39, 0.29) is 11.8 Å². The summed E-state index contributed by atoms with van der Waals surface area (Å²) in [6, 6.07) is 2.02. The molecule has 1 aliphatic carbocycles. The maximum Gasteiger partial charge on any atom is 0.307 e. The molecule has 2 unspecified atom stereocenters. The van der Waals surface area contributed by atoms with Crippen LogP contribution in [0.5, 0.6) is 0 Å². The molecule has 1 aromatic heterocycles. The van der Waals surface area contributed by atoms with Crippen LogP contribution < -0.4 is 5.32 Å². The molecule has 0 bridgehead atoms. The highest BCUT2D eigenvalue weighted by Crippen LogP contribution is 2.30. The monoisotopic (exact) mass is 281 g/mol. The SMILES string of the molecule is Cc1ccsc1CNC(=O)C1CCCCC1C(=O)O. The van der Waals surface area contributed by atoms with Gasteiger partial charge in [0.15, 0.2) is 0 Å². The van der Waals surface area contributed by atoms with Crippen molar-refractivity contribution in [1.82, 2.24) is 5.32 Å². The number of nitrogens with one attached hydrogen (secondary N) is 1. The maximum atomic E-state index is 12.1. The molecule has 2 atom stereocenters. The number of hydrogen-bond acceptors (Lipinski definition) is 3. The minimum absolute atomic E-state index is 0.111. The largest absolute Gasteiger partial charge is 0.481 e. The summed E-state index contributed by atoms with van der Waals surface area (Å²) >= 11 is 1.61. The van der Waals surface area contributed by atoms with Gasteiger partial charge in [-0.15, -0.1) is 11.3 Å². The highest BCUT2D eigenvalue weighted by molar-refractivity contribution is 7.10. The highest BCUT2D eigenvalue weighted by Gasteiger charge is 2.35. The summed E-state index contributed by atoms with van der Waals surface area (Å²) in [6.07, 6.45) is 3.16. The van der Waals surface area contributed by atoms with E-state index in [0.29, 0.717) is 19.4 Å². The molecule has 104 valence electrons. The molecule has 1 saturated carbocycles. The van der Waals surface area contributed by atoms with Gasteiger partial charge in [0.25, 0.3) is 0 Å². The Morgan fingerprint density at radius 1 is 1.37 bits per heavy atom. The number of hydrogen-bond donors (Lipinski definition) is 2. The van der Waals surface area contributed by atoms with E-state index in [4.69, 9.17) is 0 Å². The van der Waals surface area contributed by atoms with Gasteiger partial charge in [0.2, 0.25) is 5.91 Å². The number of carboxylic acids is 1. The van der Waals surface area contributed by atoms with Gasteiger partial charge in [0.05, 0.1) is 18.4 Å². The second-order valence-corrected chi connectivity index (χ2v) is 6.08. The van der Waals surface area contributed by atoms with Gasteiger partial charge >= 0.3 is 5.97 Å². The number of aryl methyl sites for hydroxylation is 1. The van der Waals surface area contributed by atoms with E-state index >= 15 is 0 Å². The number of rotatable bonds is 4. The molecule has 2 rings (SSSR count). The molecular weight excluding hydrogens is 262 g/mol. The zero-order chi connectivity index (χ0) is 13.8. The molecular formula is C14H19NO3S. The van der Waals surface area contributed by atoms with Crippen molar-refractivity contribution in [2.24, 2.45) is 11.8 Å². The number of carbonyl (C=O) groups is 2. The maximum absolute atomic E-state index is 12.1. The number of carbonyl (C=O) groups excluding carboxylic acids is 1. The van der Waals surface area contributed by atoms with Gasteiger partial charge in [0.1, 0.15) is 0 Å². The smallest absolute Gasteiger partial charge is 0.307 e. The van der Waals surface area contributed by atoms with Crippen molar-refractivity contribution >= 4 is 23.2 Å². The first-order valence-electron chi connectivity index (χ1n) is 6.63. The number of carboxylic acid groups (broad SMARTS) is 1. The van der Waals surface area contributed by atoms with E-state index in [0.717, 1.165) is 17.7 Å². The molecule has 5 heteroatoms. The molecule has 0 aliphatic heterocycles. The molecule has 1 amide bonds. The first-order valence-corrected chi connectivity index (χ1v) is 7.51. The normalized spacial score (nSPS) is 23.0. The topological polar surface area (TPSA) is 66.4 Å². The summed E-state index contributed by atoms with van der Waals surface area (Å²) in [6.45, 7) is 2.52. The van der Waals surface area contributed by atoms with Gasteiger partial charge in [-0.05, 0) is 36.8 Å². The fourth-order valence-corrected chi connectivity index (χ4v) is 3.47. The van der Waals surface area contributed by atoms with Gasteiger partial charge in [-0.2, -0.15) is 0 Å².